The van der Waals surface area contributed by atoms with Gasteiger partial charge in [-0.05, 0) is 11.6 Å². The number of fused-ring (bicyclic) bond motifs is 2. The fourth-order valence-electron chi connectivity index (χ4n) is 1.70. The van der Waals surface area contributed by atoms with E-state index in [2.05, 4.69) is 26.4 Å². The number of nitrogens with zero attached hydrogens (tertiary/aromatic N) is 1. The van der Waals surface area contributed by atoms with Crippen LogP contribution in [0.5, 0.6) is 0 Å². The second-order valence-corrected chi connectivity index (χ2v) is 3.62. The van der Waals surface area contributed by atoms with Gasteiger partial charge in [0.2, 0.25) is 0 Å². The predicted molar refractivity (Wildman–Crippen MR) is 37.8 cm³/mol. The van der Waals surface area contributed by atoms with E-state index in [1.807, 2.05) is 0 Å². The van der Waals surface area contributed by atoms with Gasteiger partial charge < -0.3 is 0 Å². The van der Waals surface area contributed by atoms with Crippen molar-refractivity contribution in [3.05, 3.63) is 23.4 Å². The summed E-state index contributed by atoms with van der Waals surface area (Å²) in [4.78, 5) is 0. The average Bonchev–Trinajstić information content (AvgIpc) is 1.58. The fraction of sp³-hybridized carbons (Fsp3) is 0.500. The Kier molecular flexibility index (Phi) is 0.754. The van der Waals surface area contributed by atoms with E-state index in [0.29, 0.717) is 0 Å². The Labute approximate surface area is 55.9 Å². The Morgan fingerprint density at radius 1 is 1.44 bits per heavy atom. The van der Waals surface area contributed by atoms with E-state index in [0.717, 1.165) is 4.48 Å². The third-order valence-corrected chi connectivity index (χ3v) is 1.95. The molecule has 2 heterocycles. The molecule has 1 nitrogen and oxygen atoms in total. The van der Waals surface area contributed by atoms with Crippen LogP contribution in [0.25, 0.3) is 0 Å². The lowest BCUT2D eigenvalue weighted by Crippen LogP contribution is -2.40. The molecule has 0 saturated carbocycles. The van der Waals surface area contributed by atoms with Gasteiger partial charge in [-0.25, -0.2) is 0 Å². The normalized spacial score (nSPS) is 28.2. The summed E-state index contributed by atoms with van der Waals surface area (Å²) in [6.07, 6.45) is 5.91. The van der Waals surface area contributed by atoms with Crippen molar-refractivity contribution in [3.8, 4) is 0 Å². The van der Waals surface area contributed by atoms with E-state index >= 15 is 0 Å². The minimum atomic E-state index is 1.06. The summed E-state index contributed by atoms with van der Waals surface area (Å²) in [5, 5.41) is 0. The van der Waals surface area contributed by atoms with E-state index < -0.39 is 0 Å². The van der Waals surface area contributed by atoms with Crippen molar-refractivity contribution in [2.75, 3.05) is 20.6 Å². The molecule has 0 fully saturated rings. The zero-order chi connectivity index (χ0) is 6.48. The first-order valence-electron chi connectivity index (χ1n) is 3.40. The zero-order valence-corrected chi connectivity index (χ0v) is 6.02. The molecule has 0 aromatic carbocycles. The van der Waals surface area contributed by atoms with Crippen LogP contribution in [0.2, 0.25) is 0 Å². The van der Waals surface area contributed by atoms with E-state index in [4.69, 9.17) is 0 Å². The Balaban J connectivity index is 2.35. The first-order valence-corrected chi connectivity index (χ1v) is 3.40. The minimum absolute atomic E-state index is 1.06. The van der Waals surface area contributed by atoms with Crippen LogP contribution in [0, 0.1) is 0 Å². The summed E-state index contributed by atoms with van der Waals surface area (Å²) in [7, 11) is 4.48. The standard InChI is InChI=1S/C8H12N/c1-9(2)5-7-3-8(4-7)6-9/h3,5H,4,6H2,1-2H3/q+1. The van der Waals surface area contributed by atoms with Crippen LogP contribution in [-0.2, 0) is 0 Å². The second-order valence-electron chi connectivity index (χ2n) is 3.62. The van der Waals surface area contributed by atoms with Crippen molar-refractivity contribution in [1.82, 2.24) is 0 Å². The maximum atomic E-state index is 2.34. The molecule has 0 radical (unpaired) electrons. The van der Waals surface area contributed by atoms with Crippen molar-refractivity contribution in [2.45, 2.75) is 6.42 Å². The molecule has 0 spiro atoms. The molecule has 1 aliphatic carbocycles. The van der Waals surface area contributed by atoms with Gasteiger partial charge in [-0.1, -0.05) is 0 Å². The molecule has 0 aromatic rings. The van der Waals surface area contributed by atoms with E-state index in [1.165, 1.54) is 18.5 Å². The first-order chi connectivity index (χ1) is 4.16. The van der Waals surface area contributed by atoms with Gasteiger partial charge in [0.05, 0.1) is 20.3 Å². The molecular weight excluding hydrogens is 110 g/mol. The molecule has 0 atom stereocenters. The summed E-state index contributed by atoms with van der Waals surface area (Å²) in [5.74, 6) is 0. The van der Waals surface area contributed by atoms with Crippen LogP contribution in [0.15, 0.2) is 23.4 Å². The Hall–Kier alpha value is -0.560. The number of hydrogen-bond donors (Lipinski definition) is 0. The Bertz CT molecular complexity index is 209. The average molecular weight is 122 g/mol. The van der Waals surface area contributed by atoms with Crippen molar-refractivity contribution >= 4 is 0 Å². The molecule has 9 heavy (non-hydrogen) atoms. The summed E-state index contributed by atoms with van der Waals surface area (Å²) < 4.78 is 1.06. The SMILES string of the molecule is C[N+]1(C)C=C2C=C(C2)C1. The summed E-state index contributed by atoms with van der Waals surface area (Å²) in [6.45, 7) is 1.23. The zero-order valence-electron chi connectivity index (χ0n) is 6.02. The molecule has 0 aromatic heterocycles. The number of likely N-dealkylation sites (N-methyl/N-ethyl adjacent to an activating group) is 1. The minimum Gasteiger partial charge on any atom is -0.298 e. The molecule has 0 saturated heterocycles. The number of quaternary nitrogens is 1. The van der Waals surface area contributed by atoms with Gasteiger partial charge in [-0.2, -0.15) is 0 Å². The largest absolute Gasteiger partial charge is 0.298 e. The molecule has 0 unspecified atom stereocenters. The Morgan fingerprint density at radius 2 is 2.11 bits per heavy atom. The monoisotopic (exact) mass is 122 g/mol. The lowest BCUT2D eigenvalue weighted by Gasteiger charge is -2.36. The molecule has 2 aliphatic heterocycles. The van der Waals surface area contributed by atoms with Gasteiger partial charge in [0.1, 0.15) is 6.54 Å². The van der Waals surface area contributed by atoms with Crippen molar-refractivity contribution in [3.63, 3.8) is 0 Å². The van der Waals surface area contributed by atoms with Crippen LogP contribution in [0.3, 0.4) is 0 Å². The molecule has 0 N–H and O–H groups in total. The lowest BCUT2D eigenvalue weighted by atomic mass is 9.89. The lowest BCUT2D eigenvalue weighted by molar-refractivity contribution is -0.836. The smallest absolute Gasteiger partial charge is 0.105 e. The number of allylic oxidation sites excluding steroid dienone is 2. The first kappa shape index (κ1) is 5.24. The third-order valence-electron chi connectivity index (χ3n) is 1.95. The van der Waals surface area contributed by atoms with Gasteiger partial charge in [-0.15, -0.1) is 0 Å². The van der Waals surface area contributed by atoms with Gasteiger partial charge in [0, 0.05) is 12.0 Å². The van der Waals surface area contributed by atoms with Crippen molar-refractivity contribution < 1.29 is 4.48 Å². The van der Waals surface area contributed by atoms with Gasteiger partial charge in [0.15, 0.2) is 0 Å². The van der Waals surface area contributed by atoms with Crippen LogP contribution < -0.4 is 0 Å². The summed E-state index contributed by atoms with van der Waals surface area (Å²) in [6, 6.07) is 0. The van der Waals surface area contributed by atoms with E-state index in [1.54, 1.807) is 5.57 Å². The second kappa shape index (κ2) is 1.29. The molecule has 0 amide bonds. The molecule has 2 bridgehead atoms. The quantitative estimate of drug-likeness (QED) is 0.425. The molecule has 3 aliphatic rings. The summed E-state index contributed by atoms with van der Waals surface area (Å²) >= 11 is 0. The highest BCUT2D eigenvalue weighted by Gasteiger charge is 2.28. The van der Waals surface area contributed by atoms with Gasteiger partial charge in [-0.3, -0.25) is 4.48 Å². The molecule has 1 heteroatoms. The molecular formula is C8H12N+. The maximum absolute atomic E-state index is 2.34. The highest BCUT2D eigenvalue weighted by atomic mass is 15.3. The van der Waals surface area contributed by atoms with Crippen LogP contribution in [0.4, 0.5) is 0 Å². The summed E-state index contributed by atoms with van der Waals surface area (Å²) in [5.41, 5.74) is 3.15. The molecule has 48 valence electrons. The van der Waals surface area contributed by atoms with E-state index in [-0.39, 0.29) is 0 Å². The highest BCUT2D eigenvalue weighted by Crippen LogP contribution is 2.32. The third kappa shape index (κ3) is 0.724. The topological polar surface area (TPSA) is 0 Å². The predicted octanol–water partition coefficient (Wildman–Crippen LogP) is 1.29. The van der Waals surface area contributed by atoms with Crippen molar-refractivity contribution in [2.24, 2.45) is 0 Å². The van der Waals surface area contributed by atoms with Crippen molar-refractivity contribution in [1.29, 1.82) is 0 Å². The highest BCUT2D eigenvalue weighted by molar-refractivity contribution is 5.39. The van der Waals surface area contributed by atoms with Gasteiger partial charge >= 0.3 is 0 Å². The van der Waals surface area contributed by atoms with E-state index in [9.17, 15) is 0 Å². The Morgan fingerprint density at radius 3 is 2.33 bits per heavy atom. The number of hydrogen-bond acceptors (Lipinski definition) is 0. The van der Waals surface area contributed by atoms with Gasteiger partial charge in [0.25, 0.3) is 0 Å². The number of rotatable bonds is 0. The van der Waals surface area contributed by atoms with Crippen LogP contribution >= 0.6 is 0 Å². The molecule has 3 rings (SSSR count). The van der Waals surface area contributed by atoms with Crippen LogP contribution in [0.1, 0.15) is 6.42 Å². The fourth-order valence-corrected chi connectivity index (χ4v) is 1.70. The van der Waals surface area contributed by atoms with Crippen LogP contribution in [-0.4, -0.2) is 25.1 Å². The maximum Gasteiger partial charge on any atom is 0.105 e.